The van der Waals surface area contributed by atoms with Gasteiger partial charge in [-0.25, -0.2) is 8.42 Å². The third-order valence-corrected chi connectivity index (χ3v) is 5.45. The van der Waals surface area contributed by atoms with E-state index in [1.165, 1.54) is 6.26 Å². The van der Waals surface area contributed by atoms with Gasteiger partial charge in [0.05, 0.1) is 5.92 Å². The lowest BCUT2D eigenvalue weighted by molar-refractivity contribution is 0.327. The molecule has 1 N–H and O–H groups in total. The van der Waals surface area contributed by atoms with Crippen molar-refractivity contribution < 1.29 is 12.9 Å². The first-order valence-corrected chi connectivity index (χ1v) is 9.14. The smallest absolute Gasteiger partial charge is 0.231 e. The van der Waals surface area contributed by atoms with Crippen molar-refractivity contribution in [1.82, 2.24) is 15.5 Å². The highest BCUT2D eigenvalue weighted by molar-refractivity contribution is 7.90. The molecule has 1 aromatic rings. The first-order valence-electron chi connectivity index (χ1n) is 7.19. The van der Waals surface area contributed by atoms with Crippen LogP contribution in [0.3, 0.4) is 0 Å². The predicted molar refractivity (Wildman–Crippen MR) is 76.2 cm³/mol. The van der Waals surface area contributed by atoms with Crippen molar-refractivity contribution in [2.75, 3.05) is 12.8 Å². The Kier molecular flexibility index (Phi) is 4.80. The van der Waals surface area contributed by atoms with Crippen LogP contribution < -0.4 is 5.32 Å². The molecule has 3 unspecified atom stereocenters. The minimum absolute atomic E-state index is 0.203. The van der Waals surface area contributed by atoms with Crippen LogP contribution in [0.15, 0.2) is 4.52 Å². The summed E-state index contributed by atoms with van der Waals surface area (Å²) >= 11 is 0. The van der Waals surface area contributed by atoms with E-state index >= 15 is 0 Å². The number of hydrogen-bond acceptors (Lipinski definition) is 6. The lowest BCUT2D eigenvalue weighted by Gasteiger charge is -2.17. The number of nitrogens with one attached hydrogen (secondary N) is 1. The van der Waals surface area contributed by atoms with E-state index in [9.17, 15) is 8.42 Å². The zero-order valence-electron chi connectivity index (χ0n) is 12.3. The Bertz CT molecular complexity index is 541. The molecule has 1 aromatic heterocycles. The van der Waals surface area contributed by atoms with Crippen LogP contribution in [0.1, 0.15) is 62.4 Å². The van der Waals surface area contributed by atoms with Crippen LogP contribution >= 0.6 is 0 Å². The molecular weight excluding hydrogens is 278 g/mol. The van der Waals surface area contributed by atoms with Crippen molar-refractivity contribution in [2.45, 2.75) is 56.7 Å². The summed E-state index contributed by atoms with van der Waals surface area (Å²) < 4.78 is 28.4. The monoisotopic (exact) mass is 301 g/mol. The molecule has 3 atom stereocenters. The maximum Gasteiger partial charge on any atom is 0.231 e. The van der Waals surface area contributed by atoms with Crippen LogP contribution in [0.5, 0.6) is 0 Å². The Morgan fingerprint density at radius 3 is 2.85 bits per heavy atom. The van der Waals surface area contributed by atoms with Crippen LogP contribution in [-0.2, 0) is 9.84 Å². The van der Waals surface area contributed by atoms with E-state index in [-0.39, 0.29) is 11.7 Å². The minimum atomic E-state index is -3.19. The molecule has 1 aliphatic carbocycles. The molecule has 1 saturated carbocycles. The zero-order valence-corrected chi connectivity index (χ0v) is 13.1. The molecule has 114 valence electrons. The van der Waals surface area contributed by atoms with Crippen molar-refractivity contribution in [3.63, 3.8) is 0 Å². The van der Waals surface area contributed by atoms with Gasteiger partial charge in [0, 0.05) is 12.3 Å². The van der Waals surface area contributed by atoms with Gasteiger partial charge in [-0.05, 0) is 32.7 Å². The van der Waals surface area contributed by atoms with Gasteiger partial charge < -0.3 is 9.84 Å². The highest BCUT2D eigenvalue weighted by Crippen LogP contribution is 2.34. The highest BCUT2D eigenvalue weighted by Gasteiger charge is 2.33. The Hall–Kier alpha value is -0.950. The topological polar surface area (TPSA) is 85.1 Å². The van der Waals surface area contributed by atoms with Gasteiger partial charge in [0.15, 0.2) is 15.7 Å². The third kappa shape index (κ3) is 3.38. The number of hydrogen-bond donors (Lipinski definition) is 1. The summed E-state index contributed by atoms with van der Waals surface area (Å²) in [5.41, 5.74) is 0. The summed E-state index contributed by atoms with van der Waals surface area (Å²) in [6, 6.07) is 0.358. The van der Waals surface area contributed by atoms with Crippen molar-refractivity contribution in [2.24, 2.45) is 0 Å². The zero-order chi connectivity index (χ0) is 14.8. The van der Waals surface area contributed by atoms with Gasteiger partial charge >= 0.3 is 0 Å². The van der Waals surface area contributed by atoms with Crippen molar-refractivity contribution >= 4 is 9.84 Å². The van der Waals surface area contributed by atoms with Crippen LogP contribution in [0.4, 0.5) is 0 Å². The van der Waals surface area contributed by atoms with E-state index in [0.717, 1.165) is 32.2 Å². The predicted octanol–water partition coefficient (Wildman–Crippen LogP) is 1.81. The summed E-state index contributed by atoms with van der Waals surface area (Å²) in [5.74, 6) is 1.04. The molecule has 6 nitrogen and oxygen atoms in total. The Morgan fingerprint density at radius 2 is 2.20 bits per heavy atom. The number of aromatic nitrogens is 2. The maximum atomic E-state index is 11.5. The summed E-state index contributed by atoms with van der Waals surface area (Å²) in [4.78, 5) is 4.32. The van der Waals surface area contributed by atoms with Gasteiger partial charge in [-0.15, -0.1) is 0 Å². The largest absolute Gasteiger partial charge is 0.339 e. The fraction of sp³-hybridized carbons (Fsp3) is 0.846. The van der Waals surface area contributed by atoms with Crippen LogP contribution in [0.25, 0.3) is 0 Å². The summed E-state index contributed by atoms with van der Waals surface area (Å²) in [5, 5.41) is 6.63. The SMILES string of the molecule is CCCNC1CCCC1c1nc(C(C)S(C)(=O)=O)no1. The van der Waals surface area contributed by atoms with Gasteiger partial charge in [-0.2, -0.15) is 4.98 Å². The average Bonchev–Trinajstić information content (AvgIpc) is 3.02. The fourth-order valence-electron chi connectivity index (χ4n) is 2.58. The van der Waals surface area contributed by atoms with Crippen LogP contribution in [0.2, 0.25) is 0 Å². The van der Waals surface area contributed by atoms with E-state index in [1.807, 2.05) is 0 Å². The summed E-state index contributed by atoms with van der Waals surface area (Å²) in [6.45, 7) is 4.70. The van der Waals surface area contributed by atoms with E-state index in [2.05, 4.69) is 22.4 Å². The van der Waals surface area contributed by atoms with Crippen molar-refractivity contribution in [3.05, 3.63) is 11.7 Å². The van der Waals surface area contributed by atoms with E-state index < -0.39 is 15.1 Å². The Balaban J connectivity index is 2.12. The van der Waals surface area contributed by atoms with E-state index in [0.29, 0.717) is 11.9 Å². The highest BCUT2D eigenvalue weighted by atomic mass is 32.2. The van der Waals surface area contributed by atoms with E-state index in [1.54, 1.807) is 6.92 Å². The number of rotatable bonds is 6. The normalized spacial score (nSPS) is 24.9. The molecule has 0 bridgehead atoms. The second-order valence-electron chi connectivity index (χ2n) is 5.56. The first-order chi connectivity index (χ1) is 9.43. The van der Waals surface area contributed by atoms with Crippen LogP contribution in [-0.4, -0.2) is 37.4 Å². The molecular formula is C13H23N3O3S. The number of nitrogens with zero attached hydrogens (tertiary/aromatic N) is 2. The second-order valence-corrected chi connectivity index (χ2v) is 7.93. The van der Waals surface area contributed by atoms with Crippen LogP contribution in [0, 0.1) is 0 Å². The summed E-state index contributed by atoms with van der Waals surface area (Å²) in [6.07, 6.45) is 5.52. The Labute approximate surface area is 120 Å². The van der Waals surface area contributed by atoms with Gasteiger partial charge in [0.1, 0.15) is 5.25 Å². The summed E-state index contributed by atoms with van der Waals surface area (Å²) in [7, 11) is -3.19. The molecule has 1 heterocycles. The molecule has 7 heteroatoms. The molecule has 0 amide bonds. The average molecular weight is 301 g/mol. The molecule has 0 aromatic carbocycles. The molecule has 0 aliphatic heterocycles. The van der Waals surface area contributed by atoms with Gasteiger partial charge in [0.25, 0.3) is 0 Å². The molecule has 20 heavy (non-hydrogen) atoms. The minimum Gasteiger partial charge on any atom is -0.339 e. The molecule has 1 aliphatic rings. The molecule has 0 radical (unpaired) electrons. The molecule has 1 fully saturated rings. The van der Waals surface area contributed by atoms with Crippen molar-refractivity contribution in [3.8, 4) is 0 Å². The van der Waals surface area contributed by atoms with Gasteiger partial charge in [-0.3, -0.25) is 0 Å². The first kappa shape index (κ1) is 15.4. The fourth-order valence-corrected chi connectivity index (χ4v) is 3.06. The maximum absolute atomic E-state index is 11.5. The standard InChI is InChI=1S/C13H23N3O3S/c1-4-8-14-11-7-5-6-10(11)13-15-12(16-19-13)9(2)20(3,17)18/h9-11,14H,4-8H2,1-3H3. The molecule has 0 spiro atoms. The number of sulfone groups is 1. The molecule has 0 saturated heterocycles. The lowest BCUT2D eigenvalue weighted by atomic mass is 10.0. The van der Waals surface area contributed by atoms with Crippen molar-refractivity contribution in [1.29, 1.82) is 0 Å². The van der Waals surface area contributed by atoms with Gasteiger partial charge in [0.2, 0.25) is 5.89 Å². The second kappa shape index (κ2) is 6.22. The van der Waals surface area contributed by atoms with Gasteiger partial charge in [-0.1, -0.05) is 18.5 Å². The lowest BCUT2D eigenvalue weighted by Crippen LogP contribution is -2.31. The Morgan fingerprint density at radius 1 is 1.45 bits per heavy atom. The molecule has 2 rings (SSSR count). The van der Waals surface area contributed by atoms with E-state index in [4.69, 9.17) is 4.52 Å². The third-order valence-electron chi connectivity index (χ3n) is 3.95. The quantitative estimate of drug-likeness (QED) is 0.862.